The smallest absolute Gasteiger partial charge is 0.364 e. The molecule has 39 nitrogen and oxygen atoms in total. The third kappa shape index (κ3) is 15.8. The second-order valence-electron chi connectivity index (χ2n) is 21.1. The first-order chi connectivity index (χ1) is 40.7. The number of aliphatic carboxylic acids is 1. The minimum atomic E-state index is -3.42. The molecule has 498 valence electrons. The second-order valence-corrected chi connectivity index (χ2v) is 21.1. The van der Waals surface area contributed by atoms with Crippen molar-refractivity contribution < 1.29 is 178 Å². The number of carbonyl (C=O) groups excluding carboxylic acids is 3. The maximum Gasteiger partial charge on any atom is 0.364 e. The van der Waals surface area contributed by atoms with Crippen LogP contribution in [-0.4, -0.2) is 375 Å². The summed E-state index contributed by atoms with van der Waals surface area (Å²) in [6.07, 6.45) is -60.3. The van der Waals surface area contributed by atoms with E-state index in [1.807, 2.05) is 0 Å². The predicted octanol–water partition coefficient (Wildman–Crippen LogP) is -15.5. The fraction of sp³-hybridized carbons (Fsp3) is 0.915. The summed E-state index contributed by atoms with van der Waals surface area (Å²) >= 11 is 0. The van der Waals surface area contributed by atoms with Gasteiger partial charge in [0.25, 0.3) is 5.79 Å². The van der Waals surface area contributed by atoms with Crippen LogP contribution in [0.15, 0.2) is 0 Å². The zero-order chi connectivity index (χ0) is 63.8. The Morgan fingerprint density at radius 3 is 1.51 bits per heavy atom. The highest BCUT2D eigenvalue weighted by molar-refractivity contribution is 5.77. The highest BCUT2D eigenvalue weighted by Crippen LogP contribution is 2.41. The standard InChI is InChI=1S/C47H79N3O36/c1-13(59)49-23-16(61)3-47(46(73)74,85-38(23)25(63)17(62)5-52)86-40-34(72)45(81-35-21(9-56)79-42(32(70)30(35)68)75-11-15(4-51)48-12-58)80-22(10-57)36(40)82-41-24(50-14(2)60)37(27(65)19(7-54)76-41)83-44-33(71)39(28(66)20(8-55)78-44)84-43-31(69)29(67)26(64)18(6-53)77-43/h12,15-45,51-57,61-72H,3-11H2,1-2H3,(H,48,58)(H,49,59)(H,50,60)(H,73,74)/t15-,16+,17-,18-,19-,20-,21-,22-,23-,24-,25-,26+,27+,28+,29+,30-,31-,32-,33-,34-,35-,36+,37-,38-,39+,40-,41+,42-,43-,44+,45+,47+/m1/s1. The molecule has 6 saturated heterocycles. The van der Waals surface area contributed by atoms with Crippen LogP contribution in [0.3, 0.4) is 0 Å². The average Bonchev–Trinajstić information content (AvgIpc) is 1.03. The molecular weight excluding hydrogens is 1180 g/mol. The molecule has 23 N–H and O–H groups in total. The van der Waals surface area contributed by atoms with Gasteiger partial charge >= 0.3 is 5.97 Å². The first kappa shape index (κ1) is 71.7. The number of aliphatic hydroxyl groups excluding tert-OH is 19. The van der Waals surface area contributed by atoms with E-state index in [1.165, 1.54) is 0 Å². The first-order valence-corrected chi connectivity index (χ1v) is 27.0. The Kier molecular flexibility index (Phi) is 26.3. The van der Waals surface area contributed by atoms with E-state index in [0.717, 1.165) is 13.8 Å². The summed E-state index contributed by atoms with van der Waals surface area (Å²) in [6.45, 7) is -6.15. The summed E-state index contributed by atoms with van der Waals surface area (Å²) in [7, 11) is 0. The maximum atomic E-state index is 13.7. The molecule has 32 atom stereocenters. The lowest BCUT2D eigenvalue weighted by molar-refractivity contribution is -0.404. The molecule has 0 spiro atoms. The summed E-state index contributed by atoms with van der Waals surface area (Å²) in [4.78, 5) is 50.1. The highest BCUT2D eigenvalue weighted by atomic mass is 16.8. The Balaban J connectivity index is 1.40. The molecule has 86 heavy (non-hydrogen) atoms. The van der Waals surface area contributed by atoms with Crippen molar-refractivity contribution in [2.75, 3.05) is 52.9 Å². The van der Waals surface area contributed by atoms with Crippen molar-refractivity contribution in [1.82, 2.24) is 16.0 Å². The summed E-state index contributed by atoms with van der Waals surface area (Å²) in [5, 5.41) is 224. The van der Waals surface area contributed by atoms with Gasteiger partial charge in [-0.15, -0.1) is 0 Å². The predicted molar refractivity (Wildman–Crippen MR) is 263 cm³/mol. The number of rotatable bonds is 27. The molecule has 6 fully saturated rings. The molecule has 0 aromatic carbocycles. The fourth-order valence-corrected chi connectivity index (χ4v) is 10.6. The molecule has 0 aromatic heterocycles. The summed E-state index contributed by atoms with van der Waals surface area (Å²) < 4.78 is 69.7. The van der Waals surface area contributed by atoms with E-state index >= 15 is 0 Å². The SMILES string of the molecule is CC(=O)N[C@H]1[C@H](O[C@@H]2[C@H](O[C@]3(C(=O)O)C[C@H](O)[C@@H](NC(C)=O)[C@H]([C@H](O)[C@H](O)CO)O3)[C@@H](O)[C@H](O[C@H]3[C@H](O)[C@@H](O)[C@H](OC[C@@H](CO)NC=O)O[C@@H]3CO)O[C@@H]2CO)O[C@H](CO)[C@H](O)[C@@H]1O[C@@H]1O[C@H](CO)[C@H](O)[C@H](O[C@H]2O[C@H](CO)[C@H](O)[C@H](O)[C@H]2O)[C@H]1O. The van der Waals surface area contributed by atoms with Crippen LogP contribution in [0.5, 0.6) is 0 Å². The Hall–Kier alpha value is -3.36. The quantitative estimate of drug-likeness (QED) is 0.0340. The maximum absolute atomic E-state index is 13.7. The highest BCUT2D eigenvalue weighted by Gasteiger charge is 2.62. The number of hydrogen-bond acceptors (Lipinski definition) is 35. The Morgan fingerprint density at radius 2 is 0.977 bits per heavy atom. The normalized spacial score (nSPS) is 45.0. The van der Waals surface area contributed by atoms with Gasteiger partial charge in [0.15, 0.2) is 31.5 Å². The van der Waals surface area contributed by atoms with Crippen molar-refractivity contribution in [3.8, 4) is 0 Å². The van der Waals surface area contributed by atoms with Gasteiger partial charge in [-0.2, -0.15) is 0 Å². The van der Waals surface area contributed by atoms with E-state index in [2.05, 4.69) is 16.0 Å². The van der Waals surface area contributed by atoms with Gasteiger partial charge in [0.05, 0.1) is 71.0 Å². The van der Waals surface area contributed by atoms with E-state index in [4.69, 9.17) is 56.8 Å². The Labute approximate surface area is 486 Å². The first-order valence-electron chi connectivity index (χ1n) is 27.0. The largest absolute Gasteiger partial charge is 0.477 e. The van der Waals surface area contributed by atoms with Crippen LogP contribution in [0.1, 0.15) is 20.3 Å². The molecule has 6 rings (SSSR count). The van der Waals surface area contributed by atoms with Gasteiger partial charge in [-0.3, -0.25) is 14.4 Å². The number of hydrogen-bond donors (Lipinski definition) is 23. The molecule has 0 aromatic rings. The number of carboxylic acids is 1. The zero-order valence-corrected chi connectivity index (χ0v) is 45.8. The monoisotopic (exact) mass is 1260 g/mol. The number of carboxylic acid groups (broad SMARTS) is 1. The molecule has 6 aliphatic rings. The van der Waals surface area contributed by atoms with Gasteiger partial charge in [-0.1, -0.05) is 0 Å². The third-order valence-electron chi connectivity index (χ3n) is 15.2. The van der Waals surface area contributed by atoms with Crippen LogP contribution in [0.25, 0.3) is 0 Å². The van der Waals surface area contributed by atoms with E-state index in [1.54, 1.807) is 0 Å². The minimum absolute atomic E-state index is 0.228. The molecule has 6 aliphatic heterocycles. The topological polar surface area (TPSA) is 620 Å². The summed E-state index contributed by atoms with van der Waals surface area (Å²) in [5.41, 5.74) is 0. The molecule has 39 heteroatoms. The van der Waals surface area contributed by atoms with Gasteiger partial charge in [-0.25, -0.2) is 4.79 Å². The molecule has 0 unspecified atom stereocenters. The Bertz CT molecular complexity index is 2150. The fourth-order valence-electron chi connectivity index (χ4n) is 10.6. The number of ether oxygens (including phenoxy) is 12. The molecule has 0 radical (unpaired) electrons. The van der Waals surface area contributed by atoms with Crippen LogP contribution in [0.2, 0.25) is 0 Å². The lowest BCUT2D eigenvalue weighted by atomic mass is 9.88. The molecule has 0 aliphatic carbocycles. The van der Waals surface area contributed by atoms with Crippen molar-refractivity contribution in [2.45, 2.75) is 216 Å². The third-order valence-corrected chi connectivity index (χ3v) is 15.2. The van der Waals surface area contributed by atoms with Crippen LogP contribution in [0.4, 0.5) is 0 Å². The van der Waals surface area contributed by atoms with Crippen molar-refractivity contribution in [3.63, 3.8) is 0 Å². The molecule has 0 saturated carbocycles. The van der Waals surface area contributed by atoms with Gasteiger partial charge in [-0.05, 0) is 0 Å². The van der Waals surface area contributed by atoms with Gasteiger partial charge in [0, 0.05) is 20.3 Å². The van der Waals surface area contributed by atoms with Gasteiger partial charge in [0.1, 0.15) is 140 Å². The van der Waals surface area contributed by atoms with Crippen LogP contribution in [-0.2, 0) is 76.0 Å². The lowest BCUT2D eigenvalue weighted by Gasteiger charge is -2.53. The Morgan fingerprint density at radius 1 is 0.523 bits per heavy atom. The van der Waals surface area contributed by atoms with Crippen molar-refractivity contribution >= 4 is 24.2 Å². The number of carbonyl (C=O) groups is 4. The van der Waals surface area contributed by atoms with Crippen LogP contribution in [0, 0.1) is 0 Å². The number of nitrogens with one attached hydrogen (secondary N) is 3. The average molecular weight is 1260 g/mol. The van der Waals surface area contributed by atoms with E-state index in [9.17, 15) is 121 Å². The van der Waals surface area contributed by atoms with Crippen molar-refractivity contribution in [3.05, 3.63) is 0 Å². The van der Waals surface area contributed by atoms with E-state index < -0.39 is 273 Å². The van der Waals surface area contributed by atoms with E-state index in [0.29, 0.717) is 0 Å². The second kappa shape index (κ2) is 31.6. The summed E-state index contributed by atoms with van der Waals surface area (Å²) in [6, 6.07) is -4.87. The van der Waals surface area contributed by atoms with Crippen molar-refractivity contribution in [2.24, 2.45) is 0 Å². The lowest BCUT2D eigenvalue weighted by Crippen LogP contribution is -2.72. The van der Waals surface area contributed by atoms with Gasteiger partial charge in [0.2, 0.25) is 18.2 Å². The van der Waals surface area contributed by atoms with Crippen LogP contribution < -0.4 is 16.0 Å². The molecule has 3 amide bonds. The van der Waals surface area contributed by atoms with Crippen LogP contribution >= 0.6 is 0 Å². The number of aliphatic hydroxyl groups is 19. The zero-order valence-electron chi connectivity index (χ0n) is 45.8. The minimum Gasteiger partial charge on any atom is -0.477 e. The van der Waals surface area contributed by atoms with E-state index in [-0.39, 0.29) is 6.41 Å². The molecule has 0 bridgehead atoms. The van der Waals surface area contributed by atoms with Crippen molar-refractivity contribution in [1.29, 1.82) is 0 Å². The summed E-state index contributed by atoms with van der Waals surface area (Å²) in [5.74, 6) is -7.52. The van der Waals surface area contributed by atoms with Gasteiger partial charge < -0.3 is 175 Å². The number of amides is 3. The molecular formula is C47H79N3O36. The molecule has 6 heterocycles.